The van der Waals surface area contributed by atoms with Crippen molar-refractivity contribution in [1.29, 1.82) is 0 Å². The van der Waals surface area contributed by atoms with E-state index < -0.39 is 34.3 Å². The monoisotopic (exact) mass is 473 g/mol. The quantitative estimate of drug-likeness (QED) is 0.361. The van der Waals surface area contributed by atoms with Gasteiger partial charge in [-0.2, -0.15) is 5.10 Å². The molecule has 2 aromatic rings. The van der Waals surface area contributed by atoms with Crippen LogP contribution in [0.4, 0.5) is 8.78 Å². The first-order valence-electron chi connectivity index (χ1n) is 10.8. The number of pyridine rings is 1. The average Bonchev–Trinajstić information content (AvgIpc) is 2.78. The molecular weight excluding hydrogens is 448 g/mol. The topological polar surface area (TPSA) is 123 Å². The molecule has 0 atom stereocenters. The van der Waals surface area contributed by atoms with E-state index >= 15 is 0 Å². The van der Waals surface area contributed by atoms with Crippen LogP contribution in [0.3, 0.4) is 0 Å². The van der Waals surface area contributed by atoms with Crippen molar-refractivity contribution in [1.82, 2.24) is 9.47 Å². The Kier molecular flexibility index (Phi) is 6.47. The van der Waals surface area contributed by atoms with Crippen LogP contribution in [-0.2, 0) is 17.8 Å². The normalized spacial score (nSPS) is 17.3. The van der Waals surface area contributed by atoms with E-state index in [9.17, 15) is 23.5 Å². The maximum Gasteiger partial charge on any atom is 0.275 e. The summed E-state index contributed by atoms with van der Waals surface area (Å²) in [6.07, 6.45) is 5.19. The second-order valence-corrected chi connectivity index (χ2v) is 8.44. The van der Waals surface area contributed by atoms with Crippen LogP contribution in [0.15, 0.2) is 39.3 Å². The van der Waals surface area contributed by atoms with Crippen molar-refractivity contribution in [2.75, 3.05) is 20.3 Å². The van der Waals surface area contributed by atoms with Gasteiger partial charge in [-0.15, -0.1) is 0 Å². The molecule has 1 saturated carbocycles. The van der Waals surface area contributed by atoms with E-state index in [1.807, 2.05) is 0 Å². The summed E-state index contributed by atoms with van der Waals surface area (Å²) >= 11 is 0. The summed E-state index contributed by atoms with van der Waals surface area (Å²) in [6, 6.07) is 3.13. The van der Waals surface area contributed by atoms with E-state index in [1.54, 1.807) is 16.6 Å². The number of amides is 1. The van der Waals surface area contributed by atoms with E-state index in [0.717, 1.165) is 31.4 Å². The second-order valence-electron chi connectivity index (χ2n) is 8.44. The van der Waals surface area contributed by atoms with Crippen molar-refractivity contribution in [2.24, 2.45) is 15.9 Å². The van der Waals surface area contributed by atoms with Crippen LogP contribution in [0, 0.1) is 11.6 Å². The van der Waals surface area contributed by atoms with Crippen molar-refractivity contribution in [3.05, 3.63) is 63.1 Å². The highest BCUT2D eigenvalue weighted by Crippen LogP contribution is 2.43. The molecule has 3 N–H and O–H groups in total. The van der Waals surface area contributed by atoms with E-state index in [-0.39, 0.29) is 29.1 Å². The van der Waals surface area contributed by atoms with Gasteiger partial charge in [0.1, 0.15) is 17.3 Å². The SMILES string of the molecule is COCCN1C(=O)c2c(O)c(=O)c(C(C=NCc3ccc(F)cc3F)=NN)cn2CC12CCC2. The van der Waals surface area contributed by atoms with Gasteiger partial charge < -0.3 is 25.2 Å². The Morgan fingerprint density at radius 1 is 1.32 bits per heavy atom. The maximum atomic E-state index is 13.8. The fourth-order valence-corrected chi connectivity index (χ4v) is 4.51. The van der Waals surface area contributed by atoms with Gasteiger partial charge in [-0.05, 0) is 25.3 Å². The standard InChI is InChI=1S/C23H25F2N5O4/c1-34-8-7-30-22(33)19-21(32)20(31)16(12-29(19)13-23(30)5-2-6-23)18(28-26)11-27-10-14-3-4-15(24)9-17(14)25/h3-4,9,11-12,32H,2,5-8,10,13,26H2,1H3. The van der Waals surface area contributed by atoms with Crippen molar-refractivity contribution >= 4 is 17.8 Å². The van der Waals surface area contributed by atoms with Gasteiger partial charge in [0.25, 0.3) is 5.91 Å². The van der Waals surface area contributed by atoms with Gasteiger partial charge in [0.15, 0.2) is 11.4 Å². The van der Waals surface area contributed by atoms with E-state index in [2.05, 4.69) is 10.1 Å². The molecule has 0 unspecified atom stereocenters. The second kappa shape index (κ2) is 9.34. The van der Waals surface area contributed by atoms with Gasteiger partial charge >= 0.3 is 0 Å². The Bertz CT molecular complexity index is 1240. The molecule has 1 fully saturated rings. The van der Waals surface area contributed by atoms with Crippen LogP contribution >= 0.6 is 0 Å². The van der Waals surface area contributed by atoms with Crippen LogP contribution < -0.4 is 11.3 Å². The smallest absolute Gasteiger partial charge is 0.275 e. The molecule has 11 heteroatoms. The fourth-order valence-electron chi connectivity index (χ4n) is 4.51. The van der Waals surface area contributed by atoms with Gasteiger partial charge in [-0.3, -0.25) is 14.6 Å². The number of halogens is 2. The minimum absolute atomic E-state index is 0.0420. The summed E-state index contributed by atoms with van der Waals surface area (Å²) in [7, 11) is 1.55. The number of ether oxygens (including phenoxy) is 1. The first-order chi connectivity index (χ1) is 16.3. The van der Waals surface area contributed by atoms with Gasteiger partial charge in [0.2, 0.25) is 5.43 Å². The van der Waals surface area contributed by atoms with Gasteiger partial charge in [0, 0.05) is 44.2 Å². The first kappa shape index (κ1) is 23.6. The first-order valence-corrected chi connectivity index (χ1v) is 10.8. The maximum absolute atomic E-state index is 13.8. The summed E-state index contributed by atoms with van der Waals surface area (Å²) < 4.78 is 33.6. The molecule has 180 valence electrons. The minimum atomic E-state index is -0.820. The van der Waals surface area contributed by atoms with Crippen LogP contribution in [0.25, 0.3) is 0 Å². The number of hydrazone groups is 1. The summed E-state index contributed by atoms with van der Waals surface area (Å²) in [6.45, 7) is 0.951. The molecular formula is C23H25F2N5O4. The number of rotatable bonds is 7. The Balaban J connectivity index is 1.66. The number of hydrogen-bond donors (Lipinski definition) is 2. The molecule has 1 aliphatic carbocycles. The zero-order valence-electron chi connectivity index (χ0n) is 18.6. The number of fused-ring (bicyclic) bond motifs is 1. The van der Waals surface area contributed by atoms with Crippen molar-refractivity contribution < 1.29 is 23.4 Å². The Morgan fingerprint density at radius 3 is 2.71 bits per heavy atom. The fraction of sp³-hybridized carbons (Fsp3) is 0.391. The molecule has 34 heavy (non-hydrogen) atoms. The molecule has 1 aromatic heterocycles. The summed E-state index contributed by atoms with van der Waals surface area (Å²) in [5, 5.41) is 14.3. The highest BCUT2D eigenvalue weighted by atomic mass is 19.1. The number of nitrogens with two attached hydrogens (primary N) is 1. The largest absolute Gasteiger partial charge is 0.503 e. The number of nitrogens with zero attached hydrogens (tertiary/aromatic N) is 4. The van der Waals surface area contributed by atoms with Crippen LogP contribution in [0.1, 0.15) is 40.9 Å². The van der Waals surface area contributed by atoms with Crippen LogP contribution in [-0.4, -0.2) is 58.2 Å². The number of hydrogen-bond acceptors (Lipinski definition) is 7. The van der Waals surface area contributed by atoms with Crippen LogP contribution in [0.2, 0.25) is 0 Å². The van der Waals surface area contributed by atoms with Gasteiger partial charge in [-0.25, -0.2) is 8.78 Å². The minimum Gasteiger partial charge on any atom is -0.503 e. The average molecular weight is 473 g/mol. The lowest BCUT2D eigenvalue weighted by Crippen LogP contribution is -2.63. The predicted molar refractivity (Wildman–Crippen MR) is 121 cm³/mol. The van der Waals surface area contributed by atoms with E-state index in [4.69, 9.17) is 10.6 Å². The summed E-state index contributed by atoms with van der Waals surface area (Å²) in [5.74, 6) is 2.89. The van der Waals surface area contributed by atoms with E-state index in [1.165, 1.54) is 18.5 Å². The van der Waals surface area contributed by atoms with Gasteiger partial charge in [-0.1, -0.05) is 6.07 Å². The number of methoxy groups -OCH3 is 1. The Labute approximate surface area is 194 Å². The highest BCUT2D eigenvalue weighted by Gasteiger charge is 2.49. The van der Waals surface area contributed by atoms with Crippen LogP contribution in [0.5, 0.6) is 5.75 Å². The molecule has 9 nitrogen and oxygen atoms in total. The lowest BCUT2D eigenvalue weighted by atomic mass is 9.73. The molecule has 2 aliphatic rings. The molecule has 1 aliphatic heterocycles. The molecule has 1 aromatic carbocycles. The Hall–Kier alpha value is -3.60. The third-order valence-electron chi connectivity index (χ3n) is 6.45. The zero-order chi connectivity index (χ0) is 24.5. The predicted octanol–water partition coefficient (Wildman–Crippen LogP) is 1.79. The number of benzene rings is 1. The van der Waals surface area contributed by atoms with Crippen molar-refractivity contribution in [3.8, 4) is 5.75 Å². The Morgan fingerprint density at radius 2 is 2.09 bits per heavy atom. The lowest BCUT2D eigenvalue weighted by molar-refractivity contribution is -0.0156. The van der Waals surface area contributed by atoms with Crippen molar-refractivity contribution in [3.63, 3.8) is 0 Å². The molecule has 0 bridgehead atoms. The van der Waals surface area contributed by atoms with Crippen molar-refractivity contribution in [2.45, 2.75) is 37.9 Å². The van der Waals surface area contributed by atoms with E-state index in [0.29, 0.717) is 19.7 Å². The molecule has 1 amide bonds. The molecule has 1 spiro atoms. The number of aromatic hydroxyl groups is 1. The summed E-state index contributed by atoms with van der Waals surface area (Å²) in [4.78, 5) is 31.9. The lowest BCUT2D eigenvalue weighted by Gasteiger charge is -2.53. The molecule has 4 rings (SSSR count). The molecule has 0 radical (unpaired) electrons. The molecule has 0 saturated heterocycles. The number of carbonyl (C=O) groups excluding carboxylic acids is 1. The highest BCUT2D eigenvalue weighted by molar-refractivity contribution is 6.38. The van der Waals surface area contributed by atoms with Gasteiger partial charge in [0.05, 0.1) is 24.3 Å². The third-order valence-corrected chi connectivity index (χ3v) is 6.45. The zero-order valence-corrected chi connectivity index (χ0v) is 18.6. The number of carbonyl (C=O) groups is 1. The number of aliphatic imine (C=N–C) groups is 1. The molecule has 2 heterocycles. The summed E-state index contributed by atoms with van der Waals surface area (Å²) in [5.41, 5.74) is -1.26. The number of aromatic nitrogens is 1. The third kappa shape index (κ3) is 4.07.